The molecule has 2 amide bonds. The van der Waals surface area contributed by atoms with Gasteiger partial charge in [0.15, 0.2) is 6.29 Å². The molecule has 10 heteroatoms. The van der Waals surface area contributed by atoms with Crippen molar-refractivity contribution in [2.45, 2.75) is 30.6 Å². The maximum absolute atomic E-state index is 11.3. The van der Waals surface area contributed by atoms with E-state index in [0.717, 1.165) is 7.05 Å². The maximum Gasteiger partial charge on any atom is 0.340 e. The third-order valence-electron chi connectivity index (χ3n) is 2.61. The molecular formula is C8H15N3O7. The van der Waals surface area contributed by atoms with Crippen LogP contribution in [0.2, 0.25) is 0 Å². The first-order chi connectivity index (χ1) is 8.42. The van der Waals surface area contributed by atoms with Gasteiger partial charge in [0.1, 0.15) is 24.4 Å². The zero-order valence-corrected chi connectivity index (χ0v) is 9.50. The highest BCUT2D eigenvalue weighted by molar-refractivity contribution is 5.73. The molecule has 0 radical (unpaired) electrons. The van der Waals surface area contributed by atoms with Gasteiger partial charge < -0.3 is 30.5 Å². The molecule has 1 rings (SSSR count). The topological polar surface area (TPSA) is 152 Å². The van der Waals surface area contributed by atoms with Crippen molar-refractivity contribution in [1.29, 1.82) is 0 Å². The molecule has 0 unspecified atom stereocenters. The van der Waals surface area contributed by atoms with Gasteiger partial charge in [0, 0.05) is 7.05 Å². The number of hydrogen-bond acceptors (Lipinski definition) is 8. The molecule has 0 aromatic rings. The van der Waals surface area contributed by atoms with Crippen molar-refractivity contribution in [3.8, 4) is 0 Å². The molecule has 1 fully saturated rings. The summed E-state index contributed by atoms with van der Waals surface area (Å²) in [6, 6.07) is -2.33. The summed E-state index contributed by atoms with van der Waals surface area (Å²) in [4.78, 5) is 21.4. The first-order valence-corrected chi connectivity index (χ1v) is 5.10. The summed E-state index contributed by atoms with van der Waals surface area (Å²) < 4.78 is 4.80. The molecule has 1 heterocycles. The highest BCUT2D eigenvalue weighted by atomic mass is 16.6. The zero-order valence-electron chi connectivity index (χ0n) is 9.50. The molecule has 0 saturated carbocycles. The van der Waals surface area contributed by atoms with Gasteiger partial charge in [-0.2, -0.15) is 5.01 Å². The van der Waals surface area contributed by atoms with Crippen LogP contribution in [0.3, 0.4) is 0 Å². The Kier molecular flexibility index (Phi) is 4.93. The zero-order chi connectivity index (χ0) is 13.9. The van der Waals surface area contributed by atoms with Crippen molar-refractivity contribution in [3.63, 3.8) is 0 Å². The summed E-state index contributed by atoms with van der Waals surface area (Å²) in [6.45, 7) is -0.605. The minimum Gasteiger partial charge on any atom is -0.394 e. The van der Waals surface area contributed by atoms with Gasteiger partial charge in [0.2, 0.25) is 0 Å². The van der Waals surface area contributed by atoms with Crippen LogP contribution in [0.25, 0.3) is 0 Å². The first-order valence-electron chi connectivity index (χ1n) is 5.10. The lowest BCUT2D eigenvalue weighted by Gasteiger charge is -2.40. The summed E-state index contributed by atoms with van der Waals surface area (Å²) in [7, 11) is 1.07. The van der Waals surface area contributed by atoms with Gasteiger partial charge >= 0.3 is 6.03 Å². The molecule has 5 N–H and O–H groups in total. The molecule has 5 atom stereocenters. The second kappa shape index (κ2) is 6.02. The third-order valence-corrected chi connectivity index (χ3v) is 2.61. The lowest BCUT2D eigenvalue weighted by Crippen LogP contribution is -2.64. The number of rotatable bonds is 3. The molecule has 0 aromatic carbocycles. The molecule has 0 aromatic heterocycles. The van der Waals surface area contributed by atoms with Crippen LogP contribution in [0, 0.1) is 4.91 Å². The van der Waals surface area contributed by atoms with Crippen molar-refractivity contribution in [2.24, 2.45) is 5.29 Å². The molecular weight excluding hydrogens is 250 g/mol. The number of hydrogen-bond donors (Lipinski definition) is 5. The fourth-order valence-corrected chi connectivity index (χ4v) is 1.53. The van der Waals surface area contributed by atoms with Gasteiger partial charge in [-0.3, -0.25) is 0 Å². The fourth-order valence-electron chi connectivity index (χ4n) is 1.53. The maximum atomic E-state index is 11.3. The van der Waals surface area contributed by atoms with Crippen molar-refractivity contribution in [3.05, 3.63) is 4.91 Å². The van der Waals surface area contributed by atoms with E-state index in [2.05, 4.69) is 10.6 Å². The molecule has 0 aliphatic carbocycles. The largest absolute Gasteiger partial charge is 0.394 e. The molecule has 104 valence electrons. The van der Waals surface area contributed by atoms with E-state index in [1.54, 1.807) is 0 Å². The summed E-state index contributed by atoms with van der Waals surface area (Å²) in [5.74, 6) is 0. The Morgan fingerprint density at radius 1 is 1.39 bits per heavy atom. The van der Waals surface area contributed by atoms with E-state index in [4.69, 9.17) is 9.84 Å². The third kappa shape index (κ3) is 2.91. The first kappa shape index (κ1) is 14.7. The SMILES string of the molecule is CN(N=O)C(=O)N[C@H]1[C@H](O)[C@@H](O)[C@@H](CO)O[C@H]1O. The van der Waals surface area contributed by atoms with Crippen molar-refractivity contribution in [1.82, 2.24) is 10.3 Å². The summed E-state index contributed by atoms with van der Waals surface area (Å²) in [6.07, 6.45) is -5.84. The van der Waals surface area contributed by atoms with Gasteiger partial charge in [0.25, 0.3) is 0 Å². The number of ether oxygens (including phenoxy) is 1. The van der Waals surface area contributed by atoms with Gasteiger partial charge in [-0.25, -0.2) is 4.79 Å². The fraction of sp³-hybridized carbons (Fsp3) is 0.875. The van der Waals surface area contributed by atoms with Crippen molar-refractivity contribution >= 4 is 6.03 Å². The highest BCUT2D eigenvalue weighted by Gasteiger charge is 2.44. The van der Waals surface area contributed by atoms with Crippen LogP contribution in [-0.2, 0) is 4.74 Å². The van der Waals surface area contributed by atoms with Crippen LogP contribution in [0.1, 0.15) is 0 Å². The Bertz CT molecular complexity index is 315. The molecule has 10 nitrogen and oxygen atoms in total. The highest BCUT2D eigenvalue weighted by Crippen LogP contribution is 2.19. The van der Waals surface area contributed by atoms with E-state index in [1.807, 2.05) is 0 Å². The molecule has 0 spiro atoms. The van der Waals surface area contributed by atoms with Crippen molar-refractivity contribution in [2.75, 3.05) is 13.7 Å². The Labute approximate surface area is 102 Å². The number of nitrogens with one attached hydrogen (secondary N) is 1. The minimum absolute atomic E-state index is 0.407. The number of aliphatic hydroxyl groups excluding tert-OH is 4. The number of carbonyl (C=O) groups is 1. The Morgan fingerprint density at radius 2 is 2.00 bits per heavy atom. The van der Waals surface area contributed by atoms with Gasteiger partial charge in [-0.05, 0) is 0 Å². The molecule has 1 aliphatic rings. The molecule has 0 bridgehead atoms. The van der Waals surface area contributed by atoms with E-state index in [-0.39, 0.29) is 0 Å². The minimum atomic E-state index is -1.63. The number of amides is 2. The normalized spacial score (nSPS) is 35.9. The second-order valence-corrected chi connectivity index (χ2v) is 3.81. The van der Waals surface area contributed by atoms with Crippen LogP contribution < -0.4 is 5.32 Å². The average molecular weight is 265 g/mol. The Morgan fingerprint density at radius 3 is 2.50 bits per heavy atom. The molecule has 1 saturated heterocycles. The second-order valence-electron chi connectivity index (χ2n) is 3.81. The lowest BCUT2D eigenvalue weighted by atomic mass is 9.97. The van der Waals surface area contributed by atoms with E-state index >= 15 is 0 Å². The number of nitrogens with zero attached hydrogens (tertiary/aromatic N) is 2. The van der Waals surface area contributed by atoms with Crippen LogP contribution in [-0.4, -0.2) is 75.8 Å². The van der Waals surface area contributed by atoms with Crippen LogP contribution in [0.4, 0.5) is 4.79 Å². The Balaban J connectivity index is 2.71. The van der Waals surface area contributed by atoms with Crippen molar-refractivity contribution < 1.29 is 30.0 Å². The van der Waals surface area contributed by atoms with Crippen LogP contribution in [0.5, 0.6) is 0 Å². The number of carbonyl (C=O) groups excluding carboxylic acids is 1. The van der Waals surface area contributed by atoms with E-state index in [9.17, 15) is 25.0 Å². The van der Waals surface area contributed by atoms with E-state index in [0.29, 0.717) is 5.01 Å². The number of urea groups is 1. The number of nitroso groups, excluding NO2 is 1. The standard InChI is InChI=1S/C8H15N3O7/c1-11(10-17)8(16)9-4-6(14)5(13)3(2-12)18-7(4)15/h3-7,12-15H,2H2,1H3,(H,9,16)/t3-,4+,5+,6+,7-/m1/s1. The van der Waals surface area contributed by atoms with E-state index < -0.39 is 43.3 Å². The number of aliphatic hydroxyl groups is 4. The van der Waals surface area contributed by atoms with Gasteiger partial charge in [-0.15, -0.1) is 4.91 Å². The quantitative estimate of drug-likeness (QED) is 0.271. The van der Waals surface area contributed by atoms with Crippen LogP contribution in [0.15, 0.2) is 5.29 Å². The van der Waals surface area contributed by atoms with Crippen LogP contribution >= 0.6 is 0 Å². The lowest BCUT2D eigenvalue weighted by molar-refractivity contribution is -0.252. The molecule has 1 aliphatic heterocycles. The predicted molar refractivity (Wildman–Crippen MR) is 55.9 cm³/mol. The summed E-state index contributed by atoms with van der Waals surface area (Å²) in [5, 5.41) is 42.4. The monoisotopic (exact) mass is 265 g/mol. The van der Waals surface area contributed by atoms with Gasteiger partial charge in [0.05, 0.1) is 11.9 Å². The Hall–Kier alpha value is -1.33. The summed E-state index contributed by atoms with van der Waals surface area (Å²) >= 11 is 0. The smallest absolute Gasteiger partial charge is 0.340 e. The molecule has 18 heavy (non-hydrogen) atoms. The average Bonchev–Trinajstić information content (AvgIpc) is 2.37. The predicted octanol–water partition coefficient (Wildman–Crippen LogP) is -2.89. The van der Waals surface area contributed by atoms with E-state index in [1.165, 1.54) is 0 Å². The summed E-state index contributed by atoms with van der Waals surface area (Å²) in [5.41, 5.74) is 0. The van der Waals surface area contributed by atoms with Gasteiger partial charge in [-0.1, -0.05) is 0 Å².